The summed E-state index contributed by atoms with van der Waals surface area (Å²) in [5.74, 6) is 0.636. The van der Waals surface area contributed by atoms with E-state index in [4.69, 9.17) is 4.74 Å². The van der Waals surface area contributed by atoms with Crippen molar-refractivity contribution in [1.82, 2.24) is 9.88 Å². The first-order chi connectivity index (χ1) is 8.74. The fourth-order valence-corrected chi connectivity index (χ4v) is 2.24. The number of rotatable bonds is 5. The van der Waals surface area contributed by atoms with E-state index in [2.05, 4.69) is 28.2 Å². The van der Waals surface area contributed by atoms with Gasteiger partial charge in [-0.1, -0.05) is 6.92 Å². The summed E-state index contributed by atoms with van der Waals surface area (Å²) in [6.45, 7) is 10.3. The number of hydrogen-bond donors (Lipinski definition) is 1. The molecule has 100 valence electrons. The lowest BCUT2D eigenvalue weighted by atomic mass is 10.1. The predicted molar refractivity (Wildman–Crippen MR) is 73.9 cm³/mol. The summed E-state index contributed by atoms with van der Waals surface area (Å²) in [6.07, 6.45) is 1.85. The summed E-state index contributed by atoms with van der Waals surface area (Å²) in [4.78, 5) is 6.68. The second-order valence-corrected chi connectivity index (χ2v) is 5.08. The number of hydrogen-bond acceptors (Lipinski definition) is 4. The summed E-state index contributed by atoms with van der Waals surface area (Å²) in [7, 11) is 0. The molecule has 2 heterocycles. The highest BCUT2D eigenvalue weighted by molar-refractivity contribution is 5.42. The van der Waals surface area contributed by atoms with Gasteiger partial charge in [0.05, 0.1) is 13.2 Å². The first-order valence-electron chi connectivity index (χ1n) is 6.70. The third-order valence-electron chi connectivity index (χ3n) is 3.22. The highest BCUT2D eigenvalue weighted by Gasteiger charge is 2.13. The lowest BCUT2D eigenvalue weighted by molar-refractivity contribution is 0.0325. The average molecular weight is 249 g/mol. The number of aryl methyl sites for hydroxylation is 1. The molecule has 1 unspecified atom stereocenters. The highest BCUT2D eigenvalue weighted by Crippen LogP contribution is 2.09. The Kier molecular flexibility index (Phi) is 4.96. The molecule has 0 bridgehead atoms. The fraction of sp³-hybridized carbons (Fsp3) is 0.643. The molecular formula is C14H23N3O. The third-order valence-corrected chi connectivity index (χ3v) is 3.22. The van der Waals surface area contributed by atoms with E-state index >= 15 is 0 Å². The Bertz CT molecular complexity index is 364. The van der Waals surface area contributed by atoms with Crippen LogP contribution in [0.3, 0.4) is 0 Å². The SMILES string of the molecule is Cc1cc(NCC(C)CN2CCOCC2)ccn1. The van der Waals surface area contributed by atoms with Crippen molar-refractivity contribution in [2.45, 2.75) is 13.8 Å². The van der Waals surface area contributed by atoms with Crippen molar-refractivity contribution in [3.05, 3.63) is 24.0 Å². The van der Waals surface area contributed by atoms with Gasteiger partial charge in [0.15, 0.2) is 0 Å². The molecule has 1 atom stereocenters. The molecule has 0 amide bonds. The maximum Gasteiger partial charge on any atom is 0.0594 e. The van der Waals surface area contributed by atoms with Crippen LogP contribution in [0.5, 0.6) is 0 Å². The molecular weight excluding hydrogens is 226 g/mol. The Hall–Kier alpha value is -1.13. The van der Waals surface area contributed by atoms with Gasteiger partial charge < -0.3 is 10.1 Å². The van der Waals surface area contributed by atoms with E-state index in [1.54, 1.807) is 0 Å². The van der Waals surface area contributed by atoms with Crippen molar-refractivity contribution >= 4 is 5.69 Å². The molecule has 1 fully saturated rings. The Morgan fingerprint density at radius 1 is 1.44 bits per heavy atom. The van der Waals surface area contributed by atoms with Crippen LogP contribution in [-0.2, 0) is 4.74 Å². The topological polar surface area (TPSA) is 37.4 Å². The molecule has 1 aliphatic heterocycles. The van der Waals surface area contributed by atoms with E-state index in [-0.39, 0.29) is 0 Å². The number of anilines is 1. The van der Waals surface area contributed by atoms with E-state index in [9.17, 15) is 0 Å². The van der Waals surface area contributed by atoms with Crippen LogP contribution in [0, 0.1) is 12.8 Å². The number of ether oxygens (including phenoxy) is 1. The Morgan fingerprint density at radius 3 is 2.94 bits per heavy atom. The van der Waals surface area contributed by atoms with Gasteiger partial charge in [-0.15, -0.1) is 0 Å². The van der Waals surface area contributed by atoms with Gasteiger partial charge in [0.2, 0.25) is 0 Å². The van der Waals surface area contributed by atoms with Gasteiger partial charge in [0.25, 0.3) is 0 Å². The van der Waals surface area contributed by atoms with Crippen LogP contribution in [0.4, 0.5) is 5.69 Å². The van der Waals surface area contributed by atoms with Gasteiger partial charge in [-0.2, -0.15) is 0 Å². The number of nitrogens with one attached hydrogen (secondary N) is 1. The van der Waals surface area contributed by atoms with E-state index in [0.717, 1.165) is 50.8 Å². The number of morpholine rings is 1. The van der Waals surface area contributed by atoms with Gasteiger partial charge >= 0.3 is 0 Å². The molecule has 0 aromatic carbocycles. The molecule has 0 radical (unpaired) electrons. The molecule has 0 spiro atoms. The van der Waals surface area contributed by atoms with Gasteiger partial charge in [-0.25, -0.2) is 0 Å². The number of aromatic nitrogens is 1. The zero-order valence-corrected chi connectivity index (χ0v) is 11.4. The van der Waals surface area contributed by atoms with Crippen LogP contribution in [0.1, 0.15) is 12.6 Å². The first kappa shape index (κ1) is 13.3. The van der Waals surface area contributed by atoms with E-state index in [1.165, 1.54) is 0 Å². The summed E-state index contributed by atoms with van der Waals surface area (Å²) in [5, 5.41) is 3.48. The quantitative estimate of drug-likeness (QED) is 0.863. The standard InChI is InChI=1S/C14H23N3O/c1-12(11-17-5-7-18-8-6-17)10-16-14-3-4-15-13(2)9-14/h3-4,9,12H,5-8,10-11H2,1-2H3,(H,15,16). The van der Waals surface area contributed by atoms with Crippen LogP contribution in [0.15, 0.2) is 18.3 Å². The van der Waals surface area contributed by atoms with Gasteiger partial charge in [0, 0.05) is 43.8 Å². The monoisotopic (exact) mass is 249 g/mol. The van der Waals surface area contributed by atoms with Crippen LogP contribution < -0.4 is 5.32 Å². The van der Waals surface area contributed by atoms with Crippen molar-refractivity contribution in [1.29, 1.82) is 0 Å². The van der Waals surface area contributed by atoms with Crippen molar-refractivity contribution < 1.29 is 4.74 Å². The second kappa shape index (κ2) is 6.71. The predicted octanol–water partition coefficient (Wildman–Crippen LogP) is 1.77. The maximum atomic E-state index is 5.36. The zero-order chi connectivity index (χ0) is 12.8. The first-order valence-corrected chi connectivity index (χ1v) is 6.70. The third kappa shape index (κ3) is 4.27. The lowest BCUT2D eigenvalue weighted by Crippen LogP contribution is -2.40. The molecule has 0 saturated carbocycles. The Labute approximate surface area is 109 Å². The highest BCUT2D eigenvalue weighted by atomic mass is 16.5. The van der Waals surface area contributed by atoms with Crippen LogP contribution >= 0.6 is 0 Å². The molecule has 4 heteroatoms. The van der Waals surface area contributed by atoms with Crippen LogP contribution in [0.2, 0.25) is 0 Å². The number of nitrogens with zero attached hydrogens (tertiary/aromatic N) is 2. The normalized spacial score (nSPS) is 18.6. The maximum absolute atomic E-state index is 5.36. The minimum Gasteiger partial charge on any atom is -0.385 e. The van der Waals surface area contributed by atoms with Crippen molar-refractivity contribution in [2.24, 2.45) is 5.92 Å². The van der Waals surface area contributed by atoms with Crippen LogP contribution in [-0.4, -0.2) is 49.3 Å². The Balaban J connectivity index is 1.72. The molecule has 2 rings (SSSR count). The minimum atomic E-state index is 0.636. The molecule has 0 aliphatic carbocycles. The molecule has 1 aromatic heterocycles. The zero-order valence-electron chi connectivity index (χ0n) is 11.4. The van der Waals surface area contributed by atoms with Gasteiger partial charge in [0.1, 0.15) is 0 Å². The summed E-state index contributed by atoms with van der Waals surface area (Å²) in [6, 6.07) is 4.11. The number of pyridine rings is 1. The molecule has 1 aromatic rings. The van der Waals surface area contributed by atoms with Crippen molar-refractivity contribution in [3.8, 4) is 0 Å². The largest absolute Gasteiger partial charge is 0.385 e. The van der Waals surface area contributed by atoms with Crippen molar-refractivity contribution in [2.75, 3.05) is 44.7 Å². The molecule has 1 aliphatic rings. The minimum absolute atomic E-state index is 0.636. The summed E-state index contributed by atoms with van der Waals surface area (Å²) >= 11 is 0. The van der Waals surface area contributed by atoms with E-state index in [0.29, 0.717) is 5.92 Å². The molecule has 18 heavy (non-hydrogen) atoms. The van der Waals surface area contributed by atoms with Gasteiger partial charge in [-0.05, 0) is 25.0 Å². The average Bonchev–Trinajstić information content (AvgIpc) is 2.38. The lowest BCUT2D eigenvalue weighted by Gasteiger charge is -2.29. The second-order valence-electron chi connectivity index (χ2n) is 5.08. The van der Waals surface area contributed by atoms with E-state index < -0.39 is 0 Å². The van der Waals surface area contributed by atoms with Gasteiger partial charge in [-0.3, -0.25) is 9.88 Å². The van der Waals surface area contributed by atoms with E-state index in [1.807, 2.05) is 19.2 Å². The van der Waals surface area contributed by atoms with Crippen molar-refractivity contribution in [3.63, 3.8) is 0 Å². The van der Waals surface area contributed by atoms with Crippen LogP contribution in [0.25, 0.3) is 0 Å². The fourth-order valence-electron chi connectivity index (χ4n) is 2.24. The Morgan fingerprint density at radius 2 is 2.22 bits per heavy atom. The smallest absolute Gasteiger partial charge is 0.0594 e. The molecule has 4 nitrogen and oxygen atoms in total. The molecule has 1 saturated heterocycles. The summed E-state index contributed by atoms with van der Waals surface area (Å²) < 4.78 is 5.36. The summed E-state index contributed by atoms with van der Waals surface area (Å²) in [5.41, 5.74) is 2.22. The molecule has 1 N–H and O–H groups in total.